The van der Waals surface area contributed by atoms with Crippen molar-refractivity contribution >= 4 is 0 Å². The van der Waals surface area contributed by atoms with Crippen molar-refractivity contribution in [2.45, 2.75) is 38.9 Å². The lowest BCUT2D eigenvalue weighted by Crippen LogP contribution is -2.35. The van der Waals surface area contributed by atoms with Crippen LogP contribution in [0.5, 0.6) is 0 Å². The number of rotatable bonds is 7. The summed E-state index contributed by atoms with van der Waals surface area (Å²) < 4.78 is 1.93. The van der Waals surface area contributed by atoms with Crippen LogP contribution in [0, 0.1) is 0 Å². The number of aromatic nitrogens is 2. The van der Waals surface area contributed by atoms with E-state index in [4.69, 9.17) is 10.2 Å². The summed E-state index contributed by atoms with van der Waals surface area (Å²) in [6, 6.07) is 2.08. The molecule has 0 amide bonds. The van der Waals surface area contributed by atoms with Crippen LogP contribution >= 0.6 is 0 Å². The van der Waals surface area contributed by atoms with Gasteiger partial charge in [-0.2, -0.15) is 5.10 Å². The molecule has 1 aromatic heterocycles. The van der Waals surface area contributed by atoms with Gasteiger partial charge in [-0.1, -0.05) is 6.92 Å². The SMILES string of the molecule is CCC(C)n1ccc(CNC(CO)CO)n1. The molecule has 1 unspecified atom stereocenters. The Morgan fingerprint density at radius 3 is 2.69 bits per heavy atom. The molecule has 5 nitrogen and oxygen atoms in total. The molecule has 1 aromatic rings. The van der Waals surface area contributed by atoms with E-state index in [1.165, 1.54) is 0 Å². The van der Waals surface area contributed by atoms with Crippen molar-refractivity contribution in [1.29, 1.82) is 0 Å². The van der Waals surface area contributed by atoms with Crippen LogP contribution in [0.25, 0.3) is 0 Å². The van der Waals surface area contributed by atoms with Gasteiger partial charge >= 0.3 is 0 Å². The predicted octanol–water partition coefficient (Wildman–Crippen LogP) is 0.297. The van der Waals surface area contributed by atoms with Crippen LogP contribution in [-0.4, -0.2) is 39.2 Å². The highest BCUT2D eigenvalue weighted by Crippen LogP contribution is 2.08. The molecule has 1 rings (SSSR count). The van der Waals surface area contributed by atoms with Gasteiger partial charge in [-0.05, 0) is 19.4 Å². The number of aliphatic hydroxyl groups is 2. The minimum absolute atomic E-state index is 0.0669. The maximum atomic E-state index is 8.89. The largest absolute Gasteiger partial charge is 0.395 e. The van der Waals surface area contributed by atoms with E-state index in [-0.39, 0.29) is 19.3 Å². The molecule has 0 aliphatic rings. The van der Waals surface area contributed by atoms with Gasteiger partial charge in [-0.3, -0.25) is 4.68 Å². The minimum Gasteiger partial charge on any atom is -0.395 e. The standard InChI is InChI=1S/C11H21N3O2/c1-3-9(2)14-5-4-10(13-14)6-12-11(7-15)8-16/h4-5,9,11-12,15-16H,3,6-8H2,1-2H3. The van der Waals surface area contributed by atoms with Crippen LogP contribution in [0.1, 0.15) is 32.0 Å². The fourth-order valence-electron chi connectivity index (χ4n) is 1.34. The molecule has 1 heterocycles. The molecule has 0 aliphatic carbocycles. The average Bonchev–Trinajstić information content (AvgIpc) is 2.78. The molecule has 0 saturated heterocycles. The van der Waals surface area contributed by atoms with Gasteiger partial charge in [0, 0.05) is 18.8 Å². The smallest absolute Gasteiger partial charge is 0.0762 e. The second kappa shape index (κ2) is 6.62. The zero-order valence-electron chi connectivity index (χ0n) is 9.93. The molecule has 0 spiro atoms. The molecule has 0 saturated carbocycles. The number of aliphatic hydroxyl groups excluding tert-OH is 2. The lowest BCUT2D eigenvalue weighted by Gasteiger charge is -2.12. The van der Waals surface area contributed by atoms with Gasteiger partial charge in [-0.25, -0.2) is 0 Å². The normalized spacial score (nSPS) is 13.3. The summed E-state index contributed by atoms with van der Waals surface area (Å²) in [5.74, 6) is 0. The van der Waals surface area contributed by atoms with Crippen molar-refractivity contribution in [1.82, 2.24) is 15.1 Å². The molecule has 0 bridgehead atoms. The van der Waals surface area contributed by atoms with Gasteiger partial charge in [0.1, 0.15) is 0 Å². The molecule has 0 radical (unpaired) electrons. The molecular formula is C11H21N3O2. The maximum Gasteiger partial charge on any atom is 0.0762 e. The van der Waals surface area contributed by atoms with E-state index in [2.05, 4.69) is 24.3 Å². The number of hydrogen-bond acceptors (Lipinski definition) is 4. The topological polar surface area (TPSA) is 70.3 Å². The Bertz CT molecular complexity index is 297. The van der Waals surface area contributed by atoms with Crippen molar-refractivity contribution in [2.75, 3.05) is 13.2 Å². The van der Waals surface area contributed by atoms with Crippen molar-refractivity contribution in [3.05, 3.63) is 18.0 Å². The first kappa shape index (κ1) is 13.2. The van der Waals surface area contributed by atoms with Gasteiger partial charge in [0.15, 0.2) is 0 Å². The van der Waals surface area contributed by atoms with Gasteiger partial charge in [-0.15, -0.1) is 0 Å². The molecule has 92 valence electrons. The summed E-state index contributed by atoms with van der Waals surface area (Å²) in [6.07, 6.45) is 3.00. The summed E-state index contributed by atoms with van der Waals surface area (Å²) in [5, 5.41) is 25.2. The Hall–Kier alpha value is -0.910. The van der Waals surface area contributed by atoms with Crippen molar-refractivity contribution in [3.63, 3.8) is 0 Å². The zero-order valence-corrected chi connectivity index (χ0v) is 9.93. The summed E-state index contributed by atoms with van der Waals surface area (Å²) in [5.41, 5.74) is 0.923. The number of nitrogens with one attached hydrogen (secondary N) is 1. The van der Waals surface area contributed by atoms with Crippen molar-refractivity contribution < 1.29 is 10.2 Å². The van der Waals surface area contributed by atoms with Gasteiger partial charge in [0.2, 0.25) is 0 Å². The van der Waals surface area contributed by atoms with Crippen LogP contribution in [0.4, 0.5) is 0 Å². The Morgan fingerprint density at radius 1 is 1.44 bits per heavy atom. The van der Waals surface area contributed by atoms with Crippen LogP contribution in [0.3, 0.4) is 0 Å². The highest BCUT2D eigenvalue weighted by Gasteiger charge is 2.07. The Balaban J connectivity index is 2.46. The molecule has 0 fully saturated rings. The van der Waals surface area contributed by atoms with E-state index in [1.54, 1.807) is 0 Å². The van der Waals surface area contributed by atoms with Crippen LogP contribution in [-0.2, 0) is 6.54 Å². The Morgan fingerprint density at radius 2 is 2.12 bits per heavy atom. The summed E-state index contributed by atoms with van der Waals surface area (Å²) in [4.78, 5) is 0. The van der Waals surface area contributed by atoms with E-state index in [1.807, 2.05) is 16.9 Å². The Labute approximate surface area is 96.1 Å². The first-order valence-electron chi connectivity index (χ1n) is 5.70. The van der Waals surface area contributed by atoms with Crippen LogP contribution < -0.4 is 5.32 Å². The summed E-state index contributed by atoms with van der Waals surface area (Å²) >= 11 is 0. The number of nitrogens with zero attached hydrogens (tertiary/aromatic N) is 2. The van der Waals surface area contributed by atoms with E-state index in [0.717, 1.165) is 12.1 Å². The predicted molar refractivity (Wildman–Crippen MR) is 62.0 cm³/mol. The third kappa shape index (κ3) is 3.59. The first-order chi connectivity index (χ1) is 7.71. The third-order valence-corrected chi connectivity index (χ3v) is 2.72. The summed E-state index contributed by atoms with van der Waals surface area (Å²) in [6.45, 7) is 4.67. The highest BCUT2D eigenvalue weighted by atomic mass is 16.3. The lowest BCUT2D eigenvalue weighted by molar-refractivity contribution is 0.170. The zero-order chi connectivity index (χ0) is 12.0. The van der Waals surface area contributed by atoms with Gasteiger partial charge < -0.3 is 15.5 Å². The monoisotopic (exact) mass is 227 g/mol. The molecule has 1 atom stereocenters. The third-order valence-electron chi connectivity index (χ3n) is 2.72. The molecule has 5 heteroatoms. The highest BCUT2D eigenvalue weighted by molar-refractivity contribution is 4.99. The average molecular weight is 227 g/mol. The second-order valence-corrected chi connectivity index (χ2v) is 3.99. The van der Waals surface area contributed by atoms with Crippen molar-refractivity contribution in [2.24, 2.45) is 0 Å². The Kier molecular flexibility index (Phi) is 5.45. The van der Waals surface area contributed by atoms with E-state index in [9.17, 15) is 0 Å². The van der Waals surface area contributed by atoms with Crippen molar-refractivity contribution in [3.8, 4) is 0 Å². The van der Waals surface area contributed by atoms with E-state index >= 15 is 0 Å². The fraction of sp³-hybridized carbons (Fsp3) is 0.727. The van der Waals surface area contributed by atoms with Crippen LogP contribution in [0.2, 0.25) is 0 Å². The maximum absolute atomic E-state index is 8.89. The molecule has 3 N–H and O–H groups in total. The van der Waals surface area contributed by atoms with Gasteiger partial charge in [0.05, 0.1) is 24.9 Å². The molecule has 0 aromatic carbocycles. The summed E-state index contributed by atoms with van der Waals surface area (Å²) in [7, 11) is 0. The van der Waals surface area contributed by atoms with Crippen LogP contribution in [0.15, 0.2) is 12.3 Å². The fourth-order valence-corrected chi connectivity index (χ4v) is 1.34. The second-order valence-electron chi connectivity index (χ2n) is 3.99. The molecule has 16 heavy (non-hydrogen) atoms. The van der Waals surface area contributed by atoms with E-state index < -0.39 is 0 Å². The molecule has 0 aliphatic heterocycles. The quantitative estimate of drug-likeness (QED) is 0.626. The minimum atomic E-state index is -0.270. The van der Waals surface area contributed by atoms with E-state index in [0.29, 0.717) is 12.6 Å². The van der Waals surface area contributed by atoms with Gasteiger partial charge in [0.25, 0.3) is 0 Å². The molecular weight excluding hydrogens is 206 g/mol. The number of hydrogen-bond donors (Lipinski definition) is 3. The lowest BCUT2D eigenvalue weighted by atomic mass is 10.3. The first-order valence-corrected chi connectivity index (χ1v) is 5.70.